The van der Waals surface area contributed by atoms with Gasteiger partial charge in [0, 0.05) is 9.75 Å². The molecule has 0 bridgehead atoms. The van der Waals surface area contributed by atoms with Gasteiger partial charge < -0.3 is 10.6 Å². The molecule has 1 spiro atoms. The Hall–Kier alpha value is -2.30. The first-order chi connectivity index (χ1) is 12.0. The van der Waals surface area contributed by atoms with Crippen molar-refractivity contribution in [2.24, 2.45) is 5.41 Å². The Kier molecular flexibility index (Phi) is 3.82. The smallest absolute Gasteiger partial charge is 0.328 e. The first kappa shape index (κ1) is 16.2. The zero-order valence-electron chi connectivity index (χ0n) is 12.6. The van der Waals surface area contributed by atoms with Crippen LogP contribution in [0.3, 0.4) is 0 Å². The Bertz CT molecular complexity index is 794. The highest BCUT2D eigenvalue weighted by molar-refractivity contribution is 7.80. The molecule has 4 heterocycles. The van der Waals surface area contributed by atoms with E-state index in [4.69, 9.17) is 12.2 Å². The van der Waals surface area contributed by atoms with Gasteiger partial charge in [0.15, 0.2) is 10.5 Å². The highest BCUT2D eigenvalue weighted by Gasteiger charge is 2.64. The maximum absolute atomic E-state index is 13.0. The molecule has 0 saturated carbocycles. The van der Waals surface area contributed by atoms with Crippen LogP contribution in [0.15, 0.2) is 35.0 Å². The minimum Gasteiger partial charge on any atom is -0.353 e. The van der Waals surface area contributed by atoms with Crippen molar-refractivity contribution in [3.63, 3.8) is 0 Å². The van der Waals surface area contributed by atoms with Crippen molar-refractivity contribution < 1.29 is 14.4 Å². The van der Waals surface area contributed by atoms with E-state index in [0.717, 1.165) is 9.75 Å². The molecule has 0 radical (unpaired) electrons. The number of carbonyl (C=O) groups is 3. The number of thiocarbonyl (C=S) groups is 1. The molecule has 2 aliphatic heterocycles. The number of urea groups is 1. The summed E-state index contributed by atoms with van der Waals surface area (Å²) in [6, 6.07) is 5.14. The maximum Gasteiger partial charge on any atom is 0.328 e. The molecule has 4 N–H and O–H groups in total. The van der Waals surface area contributed by atoms with Gasteiger partial charge in [-0.3, -0.25) is 20.2 Å². The number of hydrogen-bond donors (Lipinski definition) is 4. The second-order valence-electron chi connectivity index (χ2n) is 5.62. The van der Waals surface area contributed by atoms with Gasteiger partial charge in [-0.05, 0) is 35.1 Å². The van der Waals surface area contributed by atoms with E-state index in [1.165, 1.54) is 22.7 Å². The summed E-state index contributed by atoms with van der Waals surface area (Å²) in [5.74, 6) is -1.30. The molecule has 2 fully saturated rings. The van der Waals surface area contributed by atoms with Crippen molar-refractivity contribution in [1.82, 2.24) is 21.3 Å². The molecular formula is C15H12N4O3S3. The fraction of sp³-hybridized carbons (Fsp3) is 0.200. The summed E-state index contributed by atoms with van der Waals surface area (Å²) >= 11 is 8.14. The topological polar surface area (TPSA) is 99.3 Å². The fourth-order valence-electron chi connectivity index (χ4n) is 3.27. The van der Waals surface area contributed by atoms with Crippen LogP contribution in [0.4, 0.5) is 4.79 Å². The summed E-state index contributed by atoms with van der Waals surface area (Å²) in [4.78, 5) is 39.2. The number of barbiturate groups is 1. The van der Waals surface area contributed by atoms with Crippen molar-refractivity contribution in [1.29, 1.82) is 0 Å². The lowest BCUT2D eigenvalue weighted by Gasteiger charge is -2.48. The number of imide groups is 2. The average molecular weight is 392 g/mol. The van der Waals surface area contributed by atoms with Gasteiger partial charge >= 0.3 is 6.03 Å². The summed E-state index contributed by atoms with van der Waals surface area (Å²) in [5, 5.41) is 14.7. The Morgan fingerprint density at radius 3 is 1.76 bits per heavy atom. The zero-order chi connectivity index (χ0) is 17.6. The Morgan fingerprint density at radius 1 is 0.880 bits per heavy atom. The minimum atomic E-state index is -1.59. The molecule has 0 aromatic carbocycles. The molecule has 0 unspecified atom stereocenters. The van der Waals surface area contributed by atoms with Crippen LogP contribution < -0.4 is 21.3 Å². The standard InChI is InChI=1S/C15H12N4O3S3/c20-11-15(12(21)19-13(22)18-11)9(7-3-1-5-24-7)16-14(23)17-10(15)8-4-2-6-25-8/h1-6,9-10H,(H2,16,17,23)(H2,18,19,20,21,22)/t9-,10-/m1/s1. The number of thiophene rings is 2. The van der Waals surface area contributed by atoms with Crippen LogP contribution in [0, 0.1) is 5.41 Å². The van der Waals surface area contributed by atoms with E-state index in [9.17, 15) is 14.4 Å². The van der Waals surface area contributed by atoms with Crippen LogP contribution in [-0.2, 0) is 9.59 Å². The molecule has 2 atom stereocenters. The summed E-state index contributed by atoms with van der Waals surface area (Å²) in [6.07, 6.45) is 0. The van der Waals surface area contributed by atoms with Gasteiger partial charge in [-0.25, -0.2) is 4.79 Å². The Morgan fingerprint density at radius 2 is 1.36 bits per heavy atom. The van der Waals surface area contributed by atoms with Gasteiger partial charge in [0.2, 0.25) is 11.8 Å². The predicted octanol–water partition coefficient (Wildman–Crippen LogP) is 1.42. The largest absolute Gasteiger partial charge is 0.353 e. The van der Waals surface area contributed by atoms with E-state index in [-0.39, 0.29) is 0 Å². The molecule has 25 heavy (non-hydrogen) atoms. The predicted molar refractivity (Wildman–Crippen MR) is 97.1 cm³/mol. The van der Waals surface area contributed by atoms with E-state index in [2.05, 4.69) is 21.3 Å². The van der Waals surface area contributed by atoms with E-state index in [1.807, 2.05) is 35.0 Å². The first-order valence-electron chi connectivity index (χ1n) is 7.34. The van der Waals surface area contributed by atoms with Gasteiger partial charge in [0.1, 0.15) is 0 Å². The quantitative estimate of drug-likeness (QED) is 0.456. The number of nitrogens with one attached hydrogen (secondary N) is 4. The number of rotatable bonds is 2. The first-order valence-corrected chi connectivity index (χ1v) is 9.51. The molecule has 7 nitrogen and oxygen atoms in total. The molecular weight excluding hydrogens is 380 g/mol. The zero-order valence-corrected chi connectivity index (χ0v) is 15.0. The van der Waals surface area contributed by atoms with Gasteiger partial charge in [-0.15, -0.1) is 22.7 Å². The molecule has 128 valence electrons. The molecule has 0 aliphatic carbocycles. The third-order valence-corrected chi connectivity index (χ3v) is 6.43. The van der Waals surface area contributed by atoms with Crippen LogP contribution in [-0.4, -0.2) is 23.0 Å². The summed E-state index contributed by atoms with van der Waals surface area (Å²) in [6.45, 7) is 0. The highest BCUT2D eigenvalue weighted by Crippen LogP contribution is 2.49. The van der Waals surface area contributed by atoms with Crippen LogP contribution in [0.2, 0.25) is 0 Å². The van der Waals surface area contributed by atoms with E-state index >= 15 is 0 Å². The van der Waals surface area contributed by atoms with Crippen molar-refractivity contribution >= 4 is 57.8 Å². The normalized spacial score (nSPS) is 25.1. The van der Waals surface area contributed by atoms with Gasteiger partial charge in [-0.1, -0.05) is 12.1 Å². The van der Waals surface area contributed by atoms with Crippen LogP contribution >= 0.6 is 34.9 Å². The van der Waals surface area contributed by atoms with Gasteiger partial charge in [0.25, 0.3) is 0 Å². The third-order valence-electron chi connectivity index (χ3n) is 4.32. The van der Waals surface area contributed by atoms with Crippen LogP contribution in [0.5, 0.6) is 0 Å². The molecule has 10 heteroatoms. The second-order valence-corrected chi connectivity index (χ2v) is 7.99. The highest BCUT2D eigenvalue weighted by atomic mass is 32.1. The van der Waals surface area contributed by atoms with Crippen LogP contribution in [0.1, 0.15) is 21.8 Å². The maximum atomic E-state index is 13.0. The van der Waals surface area contributed by atoms with E-state index in [0.29, 0.717) is 5.11 Å². The fourth-order valence-corrected chi connectivity index (χ4v) is 5.21. The molecule has 2 aromatic rings. The molecule has 2 aliphatic rings. The second kappa shape index (κ2) is 5.90. The van der Waals surface area contributed by atoms with Gasteiger partial charge in [-0.2, -0.15) is 0 Å². The van der Waals surface area contributed by atoms with E-state index < -0.39 is 35.3 Å². The average Bonchev–Trinajstić information content (AvgIpc) is 3.26. The van der Waals surface area contributed by atoms with Crippen molar-refractivity contribution in [3.8, 4) is 0 Å². The van der Waals surface area contributed by atoms with Crippen molar-refractivity contribution in [2.45, 2.75) is 12.1 Å². The monoisotopic (exact) mass is 392 g/mol. The lowest BCUT2D eigenvalue weighted by atomic mass is 9.68. The number of amides is 4. The summed E-state index contributed by atoms with van der Waals surface area (Å²) < 4.78 is 0. The lowest BCUT2D eigenvalue weighted by Crippen LogP contribution is -2.73. The molecule has 2 saturated heterocycles. The lowest BCUT2D eigenvalue weighted by molar-refractivity contribution is -0.149. The van der Waals surface area contributed by atoms with Crippen molar-refractivity contribution in [3.05, 3.63) is 44.8 Å². The number of carbonyl (C=O) groups excluding carboxylic acids is 3. The minimum absolute atomic E-state index is 0.347. The molecule has 4 amide bonds. The van der Waals surface area contributed by atoms with Crippen molar-refractivity contribution in [2.75, 3.05) is 0 Å². The van der Waals surface area contributed by atoms with Gasteiger partial charge in [0.05, 0.1) is 12.1 Å². The molecule has 2 aromatic heterocycles. The summed E-state index contributed by atoms with van der Waals surface area (Å²) in [7, 11) is 0. The Labute approximate surface area is 155 Å². The number of hydrogen-bond acceptors (Lipinski definition) is 6. The summed E-state index contributed by atoms with van der Waals surface area (Å²) in [5.41, 5.74) is -1.59. The van der Waals surface area contributed by atoms with E-state index in [1.54, 1.807) is 0 Å². The SMILES string of the molecule is O=C1NC(=O)C2(C(=O)N1)[C@@H](c1cccs1)NC(=S)N[C@@H]2c1cccs1. The van der Waals surface area contributed by atoms with Crippen LogP contribution in [0.25, 0.3) is 0 Å². The Balaban J connectivity index is 1.94. The molecule has 4 rings (SSSR count). The third kappa shape index (κ3) is 2.36.